The van der Waals surface area contributed by atoms with E-state index in [0.29, 0.717) is 10.6 Å². The molecule has 1 aliphatic heterocycles. The Morgan fingerprint density at radius 2 is 1.52 bits per heavy atom. The molecule has 10 N–H and O–H groups in total. The molecular weight excluding hydrogens is 654 g/mol. The van der Waals surface area contributed by atoms with Gasteiger partial charge in [0, 0.05) is 31.3 Å². The van der Waals surface area contributed by atoms with E-state index in [2.05, 4.69) is 42.5 Å². The molecule has 9 amide bonds. The number of nitrogens with one attached hydrogen (secondary N) is 8. The number of hydrogen-bond donors (Lipinski definition) is 9. The van der Waals surface area contributed by atoms with E-state index in [1.807, 2.05) is 0 Å². The summed E-state index contributed by atoms with van der Waals surface area (Å²) >= 11 is 6.06. The standard InChI is InChI=1S/C29H40ClN9O9/c1-16(40)33-13-24(43)38-20-7-8-22(41)32-9-3-6-19(27(31)46)37-25(44)14-34-23(42)12-35-29(48)21(39-26(45)15-36-28(20)47)11-17-4-2-5-18(30)10-17/h2,4-5,10,19-21H,3,6-9,11-15H2,1H3,(H2,31,46)(H,32,41)(H,33,40)(H,34,42)(H,35,48)(H,36,47)(H,37,44)(H,38,43)(H,39,45). The van der Waals surface area contributed by atoms with Crippen molar-refractivity contribution in [2.24, 2.45) is 5.73 Å². The number of hydrogen-bond acceptors (Lipinski definition) is 9. The van der Waals surface area contributed by atoms with E-state index >= 15 is 0 Å². The van der Waals surface area contributed by atoms with Gasteiger partial charge in [0.2, 0.25) is 53.2 Å². The van der Waals surface area contributed by atoms with Crippen LogP contribution in [0, 0.1) is 0 Å². The predicted molar refractivity (Wildman–Crippen MR) is 169 cm³/mol. The molecular formula is C29H40ClN9O9. The Morgan fingerprint density at radius 3 is 2.21 bits per heavy atom. The molecule has 3 unspecified atom stereocenters. The fraction of sp³-hybridized carbons (Fsp3) is 0.483. The summed E-state index contributed by atoms with van der Waals surface area (Å²) in [5.41, 5.74) is 5.94. The maximum Gasteiger partial charge on any atom is 0.243 e. The molecule has 1 aromatic rings. The monoisotopic (exact) mass is 693 g/mol. The molecule has 2 rings (SSSR count). The third-order valence-corrected chi connectivity index (χ3v) is 6.99. The van der Waals surface area contributed by atoms with Gasteiger partial charge in [-0.1, -0.05) is 23.7 Å². The molecule has 1 saturated heterocycles. The number of carbonyl (C=O) groups is 9. The van der Waals surface area contributed by atoms with E-state index in [0.717, 1.165) is 0 Å². The minimum atomic E-state index is -1.29. The number of rotatable bonds is 6. The summed E-state index contributed by atoms with van der Waals surface area (Å²) in [4.78, 5) is 111. The Balaban J connectivity index is 2.25. The average molecular weight is 694 g/mol. The molecule has 0 bridgehead atoms. The third kappa shape index (κ3) is 15.4. The van der Waals surface area contributed by atoms with Gasteiger partial charge in [0.1, 0.15) is 18.1 Å². The smallest absolute Gasteiger partial charge is 0.243 e. The first kappa shape index (κ1) is 38.9. The summed E-state index contributed by atoms with van der Waals surface area (Å²) in [6, 6.07) is 2.85. The molecule has 1 heterocycles. The minimum Gasteiger partial charge on any atom is -0.368 e. The largest absolute Gasteiger partial charge is 0.368 e. The highest BCUT2D eigenvalue weighted by Crippen LogP contribution is 2.12. The van der Waals surface area contributed by atoms with E-state index in [1.165, 1.54) is 6.92 Å². The first-order chi connectivity index (χ1) is 22.7. The molecule has 1 fully saturated rings. The van der Waals surface area contributed by atoms with Crippen LogP contribution in [0.1, 0.15) is 38.2 Å². The third-order valence-electron chi connectivity index (χ3n) is 6.75. The Labute approximate surface area is 280 Å². The molecule has 1 aliphatic rings. The van der Waals surface area contributed by atoms with Crippen LogP contribution in [0.2, 0.25) is 5.02 Å². The molecule has 19 heteroatoms. The lowest BCUT2D eigenvalue weighted by atomic mass is 10.0. The second-order valence-corrected chi connectivity index (χ2v) is 11.2. The van der Waals surface area contributed by atoms with Crippen molar-refractivity contribution in [3.63, 3.8) is 0 Å². The zero-order valence-corrected chi connectivity index (χ0v) is 27.0. The second-order valence-electron chi connectivity index (χ2n) is 10.7. The normalized spacial score (nSPS) is 21.2. The molecule has 18 nitrogen and oxygen atoms in total. The van der Waals surface area contributed by atoms with Gasteiger partial charge in [-0.2, -0.15) is 0 Å². The number of halogens is 1. The van der Waals surface area contributed by atoms with Crippen molar-refractivity contribution in [1.29, 1.82) is 0 Å². The van der Waals surface area contributed by atoms with Crippen molar-refractivity contribution < 1.29 is 43.2 Å². The lowest BCUT2D eigenvalue weighted by molar-refractivity contribution is -0.132. The highest BCUT2D eigenvalue weighted by atomic mass is 35.5. The molecule has 48 heavy (non-hydrogen) atoms. The zero-order chi connectivity index (χ0) is 35.6. The van der Waals surface area contributed by atoms with Gasteiger partial charge in [-0.25, -0.2) is 0 Å². The first-order valence-electron chi connectivity index (χ1n) is 15.0. The second kappa shape index (κ2) is 20.1. The van der Waals surface area contributed by atoms with Crippen LogP contribution < -0.4 is 48.3 Å². The number of carbonyl (C=O) groups excluding carboxylic acids is 9. The molecule has 0 aliphatic carbocycles. The molecule has 0 aromatic heterocycles. The van der Waals surface area contributed by atoms with Crippen LogP contribution in [0.4, 0.5) is 0 Å². The number of benzene rings is 1. The SMILES string of the molecule is CC(=O)NCC(=O)NC1CCC(=O)NCCCC(C(N)=O)NC(=O)CNC(=O)CNC(=O)C(Cc2cccc(Cl)c2)NC(=O)CNC1=O. The lowest BCUT2D eigenvalue weighted by Gasteiger charge is -2.21. The van der Waals surface area contributed by atoms with E-state index in [-0.39, 0.29) is 38.6 Å². The van der Waals surface area contributed by atoms with Crippen molar-refractivity contribution in [2.45, 2.75) is 57.2 Å². The lowest BCUT2D eigenvalue weighted by Crippen LogP contribution is -2.54. The minimum absolute atomic E-state index is 0.0540. The van der Waals surface area contributed by atoms with Crippen LogP contribution in [0.3, 0.4) is 0 Å². The van der Waals surface area contributed by atoms with Crippen LogP contribution in [-0.2, 0) is 49.6 Å². The molecule has 0 saturated carbocycles. The fourth-order valence-corrected chi connectivity index (χ4v) is 4.54. The Kier molecular flexibility index (Phi) is 16.3. The van der Waals surface area contributed by atoms with Gasteiger partial charge in [-0.15, -0.1) is 0 Å². The summed E-state index contributed by atoms with van der Waals surface area (Å²) in [5, 5.41) is 19.6. The molecule has 3 atom stereocenters. The van der Waals surface area contributed by atoms with Crippen LogP contribution in [0.5, 0.6) is 0 Å². The Bertz CT molecular complexity index is 1390. The summed E-state index contributed by atoms with van der Waals surface area (Å²) in [6.45, 7) is -0.885. The van der Waals surface area contributed by atoms with Gasteiger partial charge in [-0.3, -0.25) is 43.2 Å². The van der Waals surface area contributed by atoms with Crippen LogP contribution >= 0.6 is 11.6 Å². The summed E-state index contributed by atoms with van der Waals surface area (Å²) in [5.74, 6) is -6.41. The van der Waals surface area contributed by atoms with Crippen LogP contribution in [0.15, 0.2) is 24.3 Å². The topological polar surface area (TPSA) is 276 Å². The first-order valence-corrected chi connectivity index (χ1v) is 15.4. The van der Waals surface area contributed by atoms with E-state index < -0.39 is 97.5 Å². The highest BCUT2D eigenvalue weighted by molar-refractivity contribution is 6.30. The summed E-state index contributed by atoms with van der Waals surface area (Å²) < 4.78 is 0. The van der Waals surface area contributed by atoms with Crippen molar-refractivity contribution in [1.82, 2.24) is 42.5 Å². The fourth-order valence-electron chi connectivity index (χ4n) is 4.32. The molecule has 1 aromatic carbocycles. The van der Waals surface area contributed by atoms with Gasteiger partial charge < -0.3 is 48.3 Å². The van der Waals surface area contributed by atoms with Gasteiger partial charge in [0.05, 0.1) is 26.2 Å². The van der Waals surface area contributed by atoms with Crippen LogP contribution in [-0.4, -0.2) is 104 Å². The van der Waals surface area contributed by atoms with Crippen molar-refractivity contribution in [3.8, 4) is 0 Å². The maximum absolute atomic E-state index is 13.1. The highest BCUT2D eigenvalue weighted by Gasteiger charge is 2.26. The Hall–Kier alpha value is -5.26. The quantitative estimate of drug-likeness (QED) is 0.140. The van der Waals surface area contributed by atoms with Gasteiger partial charge >= 0.3 is 0 Å². The number of nitrogens with two attached hydrogens (primary N) is 1. The van der Waals surface area contributed by atoms with Gasteiger partial charge in [0.25, 0.3) is 0 Å². The molecule has 0 spiro atoms. The Morgan fingerprint density at radius 1 is 0.854 bits per heavy atom. The van der Waals surface area contributed by atoms with Gasteiger partial charge in [0.15, 0.2) is 0 Å². The van der Waals surface area contributed by atoms with Crippen molar-refractivity contribution in [3.05, 3.63) is 34.9 Å². The predicted octanol–water partition coefficient (Wildman–Crippen LogP) is -4.00. The zero-order valence-electron chi connectivity index (χ0n) is 26.2. The molecule has 262 valence electrons. The van der Waals surface area contributed by atoms with Crippen LogP contribution in [0.25, 0.3) is 0 Å². The van der Waals surface area contributed by atoms with Crippen molar-refractivity contribution in [2.75, 3.05) is 32.7 Å². The summed E-state index contributed by atoms with van der Waals surface area (Å²) in [7, 11) is 0. The van der Waals surface area contributed by atoms with Crippen molar-refractivity contribution >= 4 is 64.8 Å². The maximum atomic E-state index is 13.1. The average Bonchev–Trinajstić information content (AvgIpc) is 3.02. The molecule has 0 radical (unpaired) electrons. The van der Waals surface area contributed by atoms with E-state index in [4.69, 9.17) is 17.3 Å². The van der Waals surface area contributed by atoms with E-state index in [1.54, 1.807) is 24.3 Å². The summed E-state index contributed by atoms with van der Waals surface area (Å²) in [6.07, 6.45) is -0.193. The van der Waals surface area contributed by atoms with E-state index in [9.17, 15) is 43.2 Å². The number of primary amides is 1. The number of amides is 9. The van der Waals surface area contributed by atoms with Gasteiger partial charge in [-0.05, 0) is 37.0 Å².